The zero-order chi connectivity index (χ0) is 30.1. The monoisotopic (exact) mass is 565 g/mol. The van der Waals surface area contributed by atoms with Crippen molar-refractivity contribution in [3.8, 4) is 17.0 Å². The second kappa shape index (κ2) is 14.3. The molecule has 8 nitrogen and oxygen atoms in total. The van der Waals surface area contributed by atoms with Crippen LogP contribution in [0.25, 0.3) is 11.3 Å². The molecule has 0 bridgehead atoms. The maximum absolute atomic E-state index is 14.8. The van der Waals surface area contributed by atoms with E-state index in [-0.39, 0.29) is 47.6 Å². The number of carbonyl (C=O) groups is 2. The van der Waals surface area contributed by atoms with Crippen LogP contribution in [0.3, 0.4) is 0 Å². The van der Waals surface area contributed by atoms with Gasteiger partial charge in [0.25, 0.3) is 5.91 Å². The summed E-state index contributed by atoms with van der Waals surface area (Å²) in [5, 5.41) is 2.62. The van der Waals surface area contributed by atoms with Gasteiger partial charge in [0, 0.05) is 17.8 Å². The molecule has 1 saturated carbocycles. The SMILES string of the molecule is C=CC(=O)N(CCC)CCOc1c(N)ncnc1-c1cc(F)cc(NC(=O)c2ccc(C3CC3)cc2F)c1C.CC. The number of halogens is 2. The standard InChI is InChI=1S/C29H31F2N5O3.C2H6/c1-4-10-36(25(37)5-2)11-12-39-27-26(33-16-34-28(27)32)22-14-20(30)15-24(17(22)3)35-29(38)21-9-8-19(13-23(21)31)18-6-7-18;1-2/h5,8-9,13-16,18H,2,4,6-7,10-12H2,1,3H3,(H,35,38)(H2,32,33,34);1-2H3. The Bertz CT molecular complexity index is 1410. The number of aromatic nitrogens is 2. The molecule has 0 spiro atoms. The summed E-state index contributed by atoms with van der Waals surface area (Å²) in [6, 6.07) is 6.98. The Hall–Kier alpha value is -4.34. The van der Waals surface area contributed by atoms with E-state index < -0.39 is 17.5 Å². The minimum absolute atomic E-state index is 0.0316. The first-order valence-electron chi connectivity index (χ1n) is 13.8. The van der Waals surface area contributed by atoms with E-state index in [1.165, 1.54) is 30.6 Å². The van der Waals surface area contributed by atoms with Crippen LogP contribution < -0.4 is 15.8 Å². The minimum atomic E-state index is -0.698. The van der Waals surface area contributed by atoms with E-state index in [4.69, 9.17) is 10.5 Å². The number of hydrogen-bond donors (Lipinski definition) is 2. The summed E-state index contributed by atoms with van der Waals surface area (Å²) in [6.45, 7) is 12.0. The molecule has 2 amide bonds. The number of nitrogens with one attached hydrogen (secondary N) is 1. The molecule has 0 unspecified atom stereocenters. The minimum Gasteiger partial charge on any atom is -0.486 e. The highest BCUT2D eigenvalue weighted by atomic mass is 19.1. The summed E-state index contributed by atoms with van der Waals surface area (Å²) < 4.78 is 35.4. The summed E-state index contributed by atoms with van der Waals surface area (Å²) in [5.41, 5.74) is 7.96. The number of rotatable bonds is 11. The van der Waals surface area contributed by atoms with E-state index in [0.29, 0.717) is 23.6 Å². The van der Waals surface area contributed by atoms with Crippen molar-refractivity contribution >= 4 is 23.3 Å². The van der Waals surface area contributed by atoms with E-state index in [1.54, 1.807) is 17.9 Å². The predicted octanol–water partition coefficient (Wildman–Crippen LogP) is 6.27. The Balaban J connectivity index is 0.00000226. The molecule has 3 aromatic rings. The average molecular weight is 566 g/mol. The lowest BCUT2D eigenvalue weighted by Gasteiger charge is -2.21. The Kier molecular flexibility index (Phi) is 10.9. The third-order valence-electron chi connectivity index (χ3n) is 6.58. The van der Waals surface area contributed by atoms with Gasteiger partial charge in [-0.1, -0.05) is 33.4 Å². The Morgan fingerprint density at radius 1 is 1.17 bits per heavy atom. The number of nitrogens with two attached hydrogens (primary N) is 1. The van der Waals surface area contributed by atoms with Gasteiger partial charge in [-0.25, -0.2) is 18.7 Å². The average Bonchev–Trinajstić information content (AvgIpc) is 3.81. The van der Waals surface area contributed by atoms with Crippen molar-refractivity contribution in [2.24, 2.45) is 0 Å². The third kappa shape index (κ3) is 7.65. The van der Waals surface area contributed by atoms with E-state index >= 15 is 0 Å². The Labute approximate surface area is 239 Å². The lowest BCUT2D eigenvalue weighted by Crippen LogP contribution is -2.34. The molecule has 1 heterocycles. The van der Waals surface area contributed by atoms with Crippen LogP contribution in [0.2, 0.25) is 0 Å². The van der Waals surface area contributed by atoms with Gasteiger partial charge in [-0.15, -0.1) is 0 Å². The number of carbonyl (C=O) groups excluding carboxylic acids is 2. The molecule has 0 atom stereocenters. The van der Waals surface area contributed by atoms with Crippen molar-refractivity contribution in [2.45, 2.75) is 52.9 Å². The molecule has 10 heteroatoms. The van der Waals surface area contributed by atoms with E-state index in [2.05, 4.69) is 21.9 Å². The van der Waals surface area contributed by atoms with Gasteiger partial charge in [-0.05, 0) is 73.6 Å². The van der Waals surface area contributed by atoms with Crippen LogP contribution in [-0.4, -0.2) is 46.4 Å². The van der Waals surface area contributed by atoms with Crippen LogP contribution in [0.15, 0.2) is 49.3 Å². The van der Waals surface area contributed by atoms with Crippen molar-refractivity contribution in [3.63, 3.8) is 0 Å². The topological polar surface area (TPSA) is 110 Å². The number of nitrogens with zero attached hydrogens (tertiary/aromatic N) is 3. The second-order valence-corrected chi connectivity index (χ2v) is 9.41. The largest absolute Gasteiger partial charge is 0.486 e. The lowest BCUT2D eigenvalue weighted by atomic mass is 10.0. The molecule has 1 fully saturated rings. The number of hydrogen-bond acceptors (Lipinski definition) is 6. The van der Waals surface area contributed by atoms with Crippen LogP contribution in [0.4, 0.5) is 20.3 Å². The summed E-state index contributed by atoms with van der Waals surface area (Å²) in [7, 11) is 0. The fourth-order valence-corrected chi connectivity index (χ4v) is 4.34. The van der Waals surface area contributed by atoms with E-state index in [9.17, 15) is 18.4 Å². The molecular weight excluding hydrogens is 528 g/mol. The molecular formula is C31H37F2N5O3. The normalized spacial score (nSPS) is 12.1. The molecule has 1 aliphatic rings. The first-order valence-corrected chi connectivity index (χ1v) is 13.8. The highest BCUT2D eigenvalue weighted by Gasteiger charge is 2.25. The summed E-state index contributed by atoms with van der Waals surface area (Å²) in [6.07, 6.45) is 5.24. The molecule has 0 aliphatic heterocycles. The van der Waals surface area contributed by atoms with Crippen LogP contribution in [0, 0.1) is 18.6 Å². The van der Waals surface area contributed by atoms with Gasteiger partial charge in [0.2, 0.25) is 5.91 Å². The van der Waals surface area contributed by atoms with Crippen LogP contribution in [0.5, 0.6) is 5.75 Å². The first-order chi connectivity index (χ1) is 19.7. The van der Waals surface area contributed by atoms with Crippen LogP contribution in [0.1, 0.15) is 67.4 Å². The molecule has 218 valence electrons. The van der Waals surface area contributed by atoms with Crippen molar-refractivity contribution in [1.82, 2.24) is 14.9 Å². The van der Waals surface area contributed by atoms with Crippen LogP contribution >= 0.6 is 0 Å². The van der Waals surface area contributed by atoms with Crippen molar-refractivity contribution in [2.75, 3.05) is 30.7 Å². The quantitative estimate of drug-likeness (QED) is 0.265. The molecule has 41 heavy (non-hydrogen) atoms. The zero-order valence-electron chi connectivity index (χ0n) is 24.0. The maximum atomic E-state index is 14.8. The van der Waals surface area contributed by atoms with Gasteiger partial charge in [-0.2, -0.15) is 0 Å². The first kappa shape index (κ1) is 31.2. The number of ether oxygens (including phenoxy) is 1. The number of benzene rings is 2. The Morgan fingerprint density at radius 2 is 1.90 bits per heavy atom. The van der Waals surface area contributed by atoms with E-state index in [0.717, 1.165) is 30.9 Å². The molecule has 1 aliphatic carbocycles. The number of anilines is 2. The summed E-state index contributed by atoms with van der Waals surface area (Å²) in [5.74, 6) is -1.70. The fraction of sp³-hybridized carbons (Fsp3) is 0.355. The highest BCUT2D eigenvalue weighted by Crippen LogP contribution is 2.40. The van der Waals surface area contributed by atoms with Gasteiger partial charge in [0.1, 0.15) is 30.3 Å². The zero-order valence-corrected chi connectivity index (χ0v) is 24.0. The highest BCUT2D eigenvalue weighted by molar-refractivity contribution is 6.05. The Morgan fingerprint density at radius 3 is 2.54 bits per heavy atom. The molecule has 1 aromatic heterocycles. The van der Waals surface area contributed by atoms with Gasteiger partial charge in [-0.3, -0.25) is 9.59 Å². The fourth-order valence-electron chi connectivity index (χ4n) is 4.34. The number of amides is 2. The maximum Gasteiger partial charge on any atom is 0.258 e. The molecule has 2 aromatic carbocycles. The van der Waals surface area contributed by atoms with Gasteiger partial charge in [0.05, 0.1) is 12.1 Å². The van der Waals surface area contributed by atoms with Crippen LogP contribution in [-0.2, 0) is 4.79 Å². The summed E-state index contributed by atoms with van der Waals surface area (Å²) in [4.78, 5) is 34.8. The molecule has 0 radical (unpaired) electrons. The third-order valence-corrected chi connectivity index (χ3v) is 6.58. The van der Waals surface area contributed by atoms with Gasteiger partial charge < -0.3 is 20.7 Å². The molecule has 3 N–H and O–H groups in total. The lowest BCUT2D eigenvalue weighted by molar-refractivity contribution is -0.126. The van der Waals surface area contributed by atoms with Gasteiger partial charge in [0.15, 0.2) is 11.6 Å². The van der Waals surface area contributed by atoms with E-state index in [1.807, 2.05) is 20.8 Å². The van der Waals surface area contributed by atoms with Crippen molar-refractivity contribution < 1.29 is 23.1 Å². The molecule has 4 rings (SSSR count). The van der Waals surface area contributed by atoms with Gasteiger partial charge >= 0.3 is 0 Å². The number of nitrogen functional groups attached to an aromatic ring is 1. The summed E-state index contributed by atoms with van der Waals surface area (Å²) >= 11 is 0. The smallest absolute Gasteiger partial charge is 0.258 e. The van der Waals surface area contributed by atoms with Crippen molar-refractivity contribution in [3.05, 3.63) is 77.6 Å². The predicted molar refractivity (Wildman–Crippen MR) is 157 cm³/mol. The second-order valence-electron chi connectivity index (χ2n) is 9.41. The van der Waals surface area contributed by atoms with Crippen molar-refractivity contribution in [1.29, 1.82) is 0 Å². The molecule has 0 saturated heterocycles.